The fourth-order valence-electron chi connectivity index (χ4n) is 3.92. The maximum Gasteiger partial charge on any atom is 1.00 e. The Morgan fingerprint density at radius 3 is 2.45 bits per heavy atom. The number of fused-ring (bicyclic) bond motifs is 1. The van der Waals surface area contributed by atoms with Gasteiger partial charge in [-0.2, -0.15) is 13.5 Å². The molecule has 202 valence electrons. The van der Waals surface area contributed by atoms with Gasteiger partial charge in [0.1, 0.15) is 11.4 Å². The number of amides is 1. The van der Waals surface area contributed by atoms with E-state index in [4.69, 9.17) is 27.9 Å². The van der Waals surface area contributed by atoms with E-state index in [0.717, 1.165) is 6.07 Å². The van der Waals surface area contributed by atoms with Gasteiger partial charge < -0.3 is 15.2 Å². The summed E-state index contributed by atoms with van der Waals surface area (Å²) in [6.07, 6.45) is 0.289. The number of anilines is 1. The summed E-state index contributed by atoms with van der Waals surface area (Å²) in [6.45, 7) is 3.82. The van der Waals surface area contributed by atoms with Crippen molar-refractivity contribution in [2.75, 3.05) is 11.9 Å². The Kier molecular flexibility index (Phi) is 10.6. The average molecular weight is 610 g/mol. The van der Waals surface area contributed by atoms with E-state index >= 15 is 0 Å². The summed E-state index contributed by atoms with van der Waals surface area (Å²) in [5.74, 6) is -1.08. The number of aryl methyl sites for hydroxylation is 1. The molecular formula is C27H22Cl2N3NaO6S. The number of ether oxygens (including phenoxy) is 1. The van der Waals surface area contributed by atoms with Crippen LogP contribution in [0.2, 0.25) is 10.0 Å². The molecule has 0 unspecified atom stereocenters. The van der Waals surface area contributed by atoms with Crippen molar-refractivity contribution in [1.82, 2.24) is 0 Å². The smallest absolute Gasteiger partial charge is 0.870 e. The Morgan fingerprint density at radius 1 is 1.05 bits per heavy atom. The molecular weight excluding hydrogens is 588 g/mol. The monoisotopic (exact) mass is 609 g/mol. The third-order valence-electron chi connectivity index (χ3n) is 5.76. The van der Waals surface area contributed by atoms with Gasteiger partial charge in [0, 0.05) is 22.0 Å². The summed E-state index contributed by atoms with van der Waals surface area (Å²) >= 11 is 12.3. The number of hydrogen-bond acceptors (Lipinski definition) is 7. The van der Waals surface area contributed by atoms with Gasteiger partial charge >= 0.3 is 29.6 Å². The molecule has 9 nitrogen and oxygen atoms in total. The number of carbonyl (C=O) groups excluding carboxylic acids is 1. The molecule has 4 rings (SSSR count). The first-order valence-electron chi connectivity index (χ1n) is 11.7. The Balaban J connectivity index is 0.00000441. The maximum absolute atomic E-state index is 13.5. The zero-order valence-corrected chi connectivity index (χ0v) is 26.1. The second kappa shape index (κ2) is 13.3. The van der Waals surface area contributed by atoms with Crippen LogP contribution >= 0.6 is 23.2 Å². The van der Waals surface area contributed by atoms with Crippen LogP contribution in [0.3, 0.4) is 0 Å². The zero-order valence-electron chi connectivity index (χ0n) is 21.7. The fraction of sp³-hybridized carbons (Fsp3) is 0.148. The third kappa shape index (κ3) is 6.95. The van der Waals surface area contributed by atoms with Crippen molar-refractivity contribution in [3.8, 4) is 11.5 Å². The molecule has 1 amide bonds. The van der Waals surface area contributed by atoms with E-state index < -0.39 is 21.8 Å². The van der Waals surface area contributed by atoms with Crippen molar-refractivity contribution in [3.63, 3.8) is 0 Å². The van der Waals surface area contributed by atoms with Crippen molar-refractivity contribution in [1.29, 1.82) is 0 Å². The predicted molar refractivity (Wildman–Crippen MR) is 149 cm³/mol. The van der Waals surface area contributed by atoms with Gasteiger partial charge in [-0.3, -0.25) is 9.35 Å². The summed E-state index contributed by atoms with van der Waals surface area (Å²) in [7, 11) is -4.56. The van der Waals surface area contributed by atoms with Crippen molar-refractivity contribution in [2.24, 2.45) is 10.2 Å². The van der Waals surface area contributed by atoms with E-state index in [0.29, 0.717) is 39.4 Å². The molecule has 40 heavy (non-hydrogen) atoms. The van der Waals surface area contributed by atoms with Crippen LogP contribution in [0, 0.1) is 0 Å². The molecule has 0 fully saturated rings. The molecule has 0 bridgehead atoms. The Bertz CT molecular complexity index is 1730. The van der Waals surface area contributed by atoms with Crippen LogP contribution in [-0.4, -0.2) is 25.5 Å². The predicted octanol–water partition coefficient (Wildman–Crippen LogP) is 4.10. The van der Waals surface area contributed by atoms with Crippen molar-refractivity contribution >= 4 is 67.1 Å². The first-order valence-corrected chi connectivity index (χ1v) is 13.9. The fourth-order valence-corrected chi connectivity index (χ4v) is 5.10. The van der Waals surface area contributed by atoms with Gasteiger partial charge in [-0.25, -0.2) is 0 Å². The quantitative estimate of drug-likeness (QED) is 0.175. The summed E-state index contributed by atoms with van der Waals surface area (Å²) in [5, 5.41) is 25.7. The standard InChI is InChI=1S/C27H23Cl2N3O6S.Na/c1-3-15-12-20(29)22(14-24(15)39(35,36)37)31-32-25-18-8-6-5-7-16(18)11-19(26(25)33)27(34)30-21-10-9-17(28)13-23(21)38-4-2;/h5-14,33H,3-4H2,1-2H3,(H,30,34)(H,35,36,37);/q;+1/p-1. The molecule has 0 spiro atoms. The molecule has 0 aliphatic carbocycles. The Hall–Kier alpha value is -2.70. The van der Waals surface area contributed by atoms with Gasteiger partial charge in [0.2, 0.25) is 0 Å². The summed E-state index contributed by atoms with van der Waals surface area (Å²) in [4.78, 5) is 12.9. The molecule has 0 aliphatic rings. The van der Waals surface area contributed by atoms with Crippen molar-refractivity contribution in [3.05, 3.63) is 81.8 Å². The first-order chi connectivity index (χ1) is 18.5. The number of halogens is 2. The minimum Gasteiger partial charge on any atom is -0.870 e. The van der Waals surface area contributed by atoms with Crippen LogP contribution in [0.1, 0.15) is 29.8 Å². The van der Waals surface area contributed by atoms with Crippen LogP contribution in [0.25, 0.3) is 10.8 Å². The summed E-state index contributed by atoms with van der Waals surface area (Å²) in [5.41, 5.74) is 0.183. The molecule has 4 aromatic rings. The Labute approximate surface area is 263 Å². The second-order valence-corrected chi connectivity index (χ2v) is 10.5. The molecule has 0 saturated carbocycles. The van der Waals surface area contributed by atoms with Gasteiger partial charge in [0.25, 0.3) is 16.0 Å². The number of hydrogen-bond donors (Lipinski definition) is 2. The van der Waals surface area contributed by atoms with Crippen LogP contribution in [0.5, 0.6) is 11.5 Å². The molecule has 13 heteroatoms. The van der Waals surface area contributed by atoms with Crippen LogP contribution in [0.4, 0.5) is 17.1 Å². The van der Waals surface area contributed by atoms with Gasteiger partial charge in [0.15, 0.2) is 0 Å². The van der Waals surface area contributed by atoms with Crippen molar-refractivity contribution < 1.29 is 57.2 Å². The van der Waals surface area contributed by atoms with E-state index in [1.807, 2.05) is 0 Å². The first kappa shape index (κ1) is 31.8. The molecule has 4 aromatic carbocycles. The third-order valence-corrected chi connectivity index (χ3v) is 7.23. The van der Waals surface area contributed by atoms with E-state index in [9.17, 15) is 22.9 Å². The number of nitrogens with one attached hydrogen (secondary N) is 1. The minimum atomic E-state index is -4.56. The van der Waals surface area contributed by atoms with Gasteiger partial charge in [-0.05, 0) is 54.6 Å². The molecule has 0 aromatic heterocycles. The zero-order chi connectivity index (χ0) is 28.3. The van der Waals surface area contributed by atoms with E-state index in [1.54, 1.807) is 56.3 Å². The second-order valence-electron chi connectivity index (χ2n) is 8.29. The minimum absolute atomic E-state index is 0. The van der Waals surface area contributed by atoms with Crippen LogP contribution in [0.15, 0.2) is 75.8 Å². The van der Waals surface area contributed by atoms with E-state index in [-0.39, 0.29) is 62.8 Å². The average Bonchev–Trinajstić information content (AvgIpc) is 2.89. The van der Waals surface area contributed by atoms with E-state index in [1.165, 1.54) is 12.1 Å². The van der Waals surface area contributed by atoms with Crippen LogP contribution in [-0.2, 0) is 16.5 Å². The summed E-state index contributed by atoms with van der Waals surface area (Å²) in [6, 6.07) is 15.4. The van der Waals surface area contributed by atoms with Crippen LogP contribution < -0.4 is 44.7 Å². The topological polar surface area (TPSA) is 140 Å². The number of azo groups is 1. The maximum atomic E-state index is 13.5. The number of rotatable bonds is 8. The normalized spacial score (nSPS) is 11.4. The Morgan fingerprint density at radius 2 is 1.77 bits per heavy atom. The molecule has 0 heterocycles. The molecule has 0 atom stereocenters. The largest absolute Gasteiger partial charge is 1.00 e. The number of carbonyl (C=O) groups is 1. The van der Waals surface area contributed by atoms with Gasteiger partial charge in [-0.1, -0.05) is 60.1 Å². The summed E-state index contributed by atoms with van der Waals surface area (Å²) < 4.78 is 38.9. The van der Waals surface area contributed by atoms with E-state index in [2.05, 4.69) is 15.5 Å². The number of benzene rings is 4. The van der Waals surface area contributed by atoms with Crippen molar-refractivity contribution in [2.45, 2.75) is 25.2 Å². The van der Waals surface area contributed by atoms with Gasteiger partial charge in [0.05, 0.1) is 27.9 Å². The number of nitrogens with zero attached hydrogens (tertiary/aromatic N) is 2. The molecule has 0 radical (unpaired) electrons. The molecule has 2 N–H and O–H groups in total. The SMILES string of the molecule is CCOc1cc(Cl)ccc1NC(=O)c1cc2ccccc2c(N=Nc2cc(S(=O)(=O)O)c(CC)cc2Cl)c1[O-].[Na+]. The van der Waals surface area contributed by atoms with Gasteiger partial charge in [-0.15, -0.1) is 5.11 Å². The molecule has 0 saturated heterocycles. The molecule has 0 aliphatic heterocycles.